The Bertz CT molecular complexity index is 208. The third-order valence-electron chi connectivity index (χ3n) is 0.283. The summed E-state index contributed by atoms with van der Waals surface area (Å²) in [4.78, 5) is 0. The number of hydrogen-bond donors (Lipinski definition) is 2. The molecule has 0 aliphatic heterocycles. The third-order valence-corrected chi connectivity index (χ3v) is 2.54. The van der Waals surface area contributed by atoms with Crippen LogP contribution in [-0.4, -0.2) is 26.3 Å². The maximum Gasteiger partial charge on any atom is 1.00 e. The van der Waals surface area contributed by atoms with Crippen molar-refractivity contribution in [1.29, 1.82) is 0 Å². The second kappa shape index (κ2) is 5.60. The van der Waals surface area contributed by atoms with Crippen molar-refractivity contribution in [3.8, 4) is 0 Å². The van der Waals surface area contributed by atoms with Gasteiger partial charge in [-0.25, -0.2) is 0 Å². The van der Waals surface area contributed by atoms with Crippen LogP contribution in [0.15, 0.2) is 0 Å². The molecule has 0 atom stereocenters. The summed E-state index contributed by atoms with van der Waals surface area (Å²) in [5.41, 5.74) is 0. The molecule has 0 saturated carbocycles. The van der Waals surface area contributed by atoms with E-state index in [-0.39, 0.29) is 59.1 Å². The first-order valence-corrected chi connectivity index (χ1v) is 4.83. The molecule has 0 rings (SSSR count). The van der Waals surface area contributed by atoms with E-state index in [1.54, 1.807) is 0 Å². The molecule has 0 amide bonds. The Morgan fingerprint density at radius 1 is 1.20 bits per heavy atom. The Hall–Kier alpha value is 1.98. The van der Waals surface area contributed by atoms with Gasteiger partial charge in [0.2, 0.25) is 0 Å². The summed E-state index contributed by atoms with van der Waals surface area (Å²) in [5, 5.41) is 0. The zero-order valence-electron chi connectivity index (χ0n) is 5.34. The maximum atomic E-state index is 9.32. The minimum Gasteiger partial charge on any atom is -0.788 e. The fourth-order valence-electron chi connectivity index (χ4n) is 0. The molecule has 0 heterocycles. The van der Waals surface area contributed by atoms with Crippen molar-refractivity contribution in [1.82, 2.24) is 0 Å². The molecule has 0 saturated heterocycles. The van der Waals surface area contributed by atoms with Crippen LogP contribution in [0.5, 0.6) is 0 Å². The van der Waals surface area contributed by atoms with E-state index in [0.717, 1.165) is 0 Å². The molecule has 0 aliphatic carbocycles. The molecule has 0 aromatic carbocycles. The second-order valence-electron chi connectivity index (χ2n) is 0.895. The van der Waals surface area contributed by atoms with Gasteiger partial charge in [-0.05, 0) is 0 Å². The van der Waals surface area contributed by atoms with Gasteiger partial charge in [0.25, 0.3) is 0 Å². The quantitative estimate of drug-likeness (QED) is 0.191. The van der Waals surface area contributed by atoms with Crippen LogP contribution in [0.3, 0.4) is 0 Å². The van der Waals surface area contributed by atoms with Crippen LogP contribution in [0.4, 0.5) is 0 Å². The van der Waals surface area contributed by atoms with E-state index in [1.807, 2.05) is 0 Å². The van der Waals surface area contributed by atoms with Crippen LogP contribution in [0, 0.1) is 0 Å². The molecule has 0 aliphatic rings. The Balaban J connectivity index is -0.000000245. The van der Waals surface area contributed by atoms with Gasteiger partial charge in [-0.3, -0.25) is 8.76 Å². The molecular formula is H2Na2O6S2. The molecule has 0 unspecified atom stereocenters. The molecule has 0 radical (unpaired) electrons. The van der Waals surface area contributed by atoms with E-state index in [9.17, 15) is 21.7 Å². The Labute approximate surface area is 103 Å². The van der Waals surface area contributed by atoms with E-state index < -0.39 is 18.7 Å². The predicted molar refractivity (Wildman–Crippen MR) is 22.6 cm³/mol. The van der Waals surface area contributed by atoms with Gasteiger partial charge in [0.05, 0.1) is 0 Å². The molecule has 6 nitrogen and oxygen atoms in total. The van der Waals surface area contributed by atoms with E-state index in [2.05, 4.69) is 0 Å². The summed E-state index contributed by atoms with van der Waals surface area (Å²) in [6, 6.07) is 0. The molecule has 10 heavy (non-hydrogen) atoms. The zero-order valence-corrected chi connectivity index (χ0v) is 11.1. The van der Waals surface area contributed by atoms with Gasteiger partial charge in [-0.2, -0.15) is 8.42 Å². The van der Waals surface area contributed by atoms with Gasteiger partial charge in [0, 0.05) is 0 Å². The maximum absolute atomic E-state index is 9.32. The van der Waals surface area contributed by atoms with Gasteiger partial charge in [0.15, 0.2) is 0 Å². The van der Waals surface area contributed by atoms with Crippen molar-refractivity contribution < 1.29 is 85.4 Å². The number of thiol groups is 1. The molecule has 0 spiro atoms. The topological polar surface area (TPSA) is 118 Å². The third kappa shape index (κ3) is 6.68. The van der Waals surface area contributed by atoms with Gasteiger partial charge < -0.3 is 9.11 Å². The van der Waals surface area contributed by atoms with Crippen LogP contribution >= 0.6 is 0 Å². The van der Waals surface area contributed by atoms with E-state index >= 15 is 0 Å². The van der Waals surface area contributed by atoms with Crippen molar-refractivity contribution in [3.63, 3.8) is 0 Å². The monoisotopic (exact) mass is 208 g/mol. The fraction of sp³-hybridized carbons (Fsp3) is 0. The largest absolute Gasteiger partial charge is 1.00 e. The minimum absolute atomic E-state index is 0. The standard InChI is InChI=1S/2Na.H4O6S2/c;;1-7(2,3)8(4,5)6/h;;7H,(H2,1,2,3)(H,4,5,6)/q2*+1;/p-2. The summed E-state index contributed by atoms with van der Waals surface area (Å²) in [6.07, 6.45) is 0. The van der Waals surface area contributed by atoms with Gasteiger partial charge in [-0.1, -0.05) is 0 Å². The summed E-state index contributed by atoms with van der Waals surface area (Å²) in [7, 11) is -11.2. The van der Waals surface area contributed by atoms with Gasteiger partial charge >= 0.3 is 68.3 Å². The molecule has 0 fully saturated rings. The van der Waals surface area contributed by atoms with Crippen LogP contribution in [0.2, 0.25) is 0 Å². The fourth-order valence-corrected chi connectivity index (χ4v) is 0. The molecule has 0 bridgehead atoms. The predicted octanol–water partition coefficient (Wildman–Crippen LogP) is -7.93. The Morgan fingerprint density at radius 2 is 1.30 bits per heavy atom. The molecule has 52 valence electrons. The molecular weight excluding hydrogens is 206 g/mol. The van der Waals surface area contributed by atoms with Crippen molar-refractivity contribution in [2.45, 2.75) is 0 Å². The first-order valence-electron chi connectivity index (χ1n) is 1.25. The first-order chi connectivity index (χ1) is 3.25. The molecule has 0 aromatic rings. The normalized spacial score (nSPS) is 12.7. The summed E-state index contributed by atoms with van der Waals surface area (Å²) >= 11 is 0. The Kier molecular flexibility index (Phi) is 10.0. The second-order valence-corrected chi connectivity index (χ2v) is 5.41. The SMILES string of the molecule is O=S(=O)(O)[SH](=O)([O-])[O-].[Na+].[Na+]. The first kappa shape index (κ1) is 17.9. The van der Waals surface area contributed by atoms with E-state index in [1.165, 1.54) is 0 Å². The average molecular weight is 208 g/mol. The van der Waals surface area contributed by atoms with E-state index in [0.29, 0.717) is 0 Å². The zero-order chi connectivity index (χ0) is 7.00. The molecule has 0 aromatic heterocycles. The van der Waals surface area contributed by atoms with Crippen molar-refractivity contribution >= 4 is 18.7 Å². The van der Waals surface area contributed by atoms with Crippen molar-refractivity contribution in [3.05, 3.63) is 0 Å². The van der Waals surface area contributed by atoms with Crippen molar-refractivity contribution in [2.24, 2.45) is 0 Å². The average Bonchev–Trinajstić information content (AvgIpc) is 1.25. The number of hydrogen-bond acceptors (Lipinski definition) is 5. The minimum atomic E-state index is -5.82. The Morgan fingerprint density at radius 3 is 1.30 bits per heavy atom. The molecule has 10 heteroatoms. The number of rotatable bonds is 1. The van der Waals surface area contributed by atoms with E-state index in [4.69, 9.17) is 4.55 Å². The van der Waals surface area contributed by atoms with Crippen LogP contribution in [-0.2, 0) is 18.7 Å². The van der Waals surface area contributed by atoms with Gasteiger partial charge in [0.1, 0.15) is 0 Å². The van der Waals surface area contributed by atoms with Crippen LogP contribution in [0.25, 0.3) is 0 Å². The van der Waals surface area contributed by atoms with Gasteiger partial charge in [-0.15, -0.1) is 9.53 Å². The van der Waals surface area contributed by atoms with Crippen LogP contribution in [0.1, 0.15) is 0 Å². The summed E-state index contributed by atoms with van der Waals surface area (Å²) < 4.78 is 53.9. The summed E-state index contributed by atoms with van der Waals surface area (Å²) in [5.74, 6) is 0. The summed E-state index contributed by atoms with van der Waals surface area (Å²) in [6.45, 7) is 0. The van der Waals surface area contributed by atoms with Crippen LogP contribution < -0.4 is 59.1 Å². The van der Waals surface area contributed by atoms with Crippen molar-refractivity contribution in [2.75, 3.05) is 0 Å². The smallest absolute Gasteiger partial charge is 0.788 e. The molecule has 1 N–H and O–H groups in total.